The molecule has 41 heavy (non-hydrogen) atoms. The molecule has 4 aromatic heterocycles. The van der Waals surface area contributed by atoms with Crippen LogP contribution in [0.25, 0.3) is 26.3 Å². The zero-order valence-electron chi connectivity index (χ0n) is 22.3. The Labute approximate surface area is 253 Å². The summed E-state index contributed by atoms with van der Waals surface area (Å²) in [7, 11) is 0. The van der Waals surface area contributed by atoms with E-state index in [1.54, 1.807) is 22.8 Å². The van der Waals surface area contributed by atoms with Crippen LogP contribution >= 0.6 is 45.8 Å². The maximum atomic E-state index is 14.0. The van der Waals surface area contributed by atoms with E-state index in [4.69, 9.17) is 9.72 Å². The summed E-state index contributed by atoms with van der Waals surface area (Å²) in [4.78, 5) is 47.9. The average molecular weight is 622 g/mol. The molecular weight excluding hydrogens is 595 g/mol. The number of thiophene rings is 3. The van der Waals surface area contributed by atoms with E-state index in [-0.39, 0.29) is 23.8 Å². The summed E-state index contributed by atoms with van der Waals surface area (Å²) in [5.41, 5.74) is 2.87. The van der Waals surface area contributed by atoms with Gasteiger partial charge in [-0.15, -0.1) is 34.0 Å². The molecule has 210 valence electrons. The second-order valence-corrected chi connectivity index (χ2v) is 13.4. The fourth-order valence-corrected chi connectivity index (χ4v) is 8.93. The van der Waals surface area contributed by atoms with Crippen LogP contribution in [0.5, 0.6) is 0 Å². The number of anilines is 1. The number of carbonyl (C=O) groups is 2. The standard InChI is InChI=1S/C30H27N3O4S4/c1-2-37-29(36)25-20(21-14-9-15-38-21)16-39-26(25)31-23(34)17-40-30-32-27-24(19-12-7-4-8-13-22(19)41-27)28(35)33(30)18-10-5-3-6-11-18/h3,5-6,9-11,14-16H,2,4,7-8,12-13,17H2,1H3,(H,31,34). The average Bonchev–Trinajstić information content (AvgIpc) is 3.69. The highest BCUT2D eigenvalue weighted by atomic mass is 32.2. The van der Waals surface area contributed by atoms with Crippen LogP contribution < -0.4 is 10.9 Å². The molecule has 0 unspecified atom stereocenters. The van der Waals surface area contributed by atoms with E-state index >= 15 is 0 Å². The summed E-state index contributed by atoms with van der Waals surface area (Å²) < 4.78 is 6.93. The van der Waals surface area contributed by atoms with E-state index in [0.717, 1.165) is 46.5 Å². The number of nitrogens with zero attached hydrogens (tertiary/aromatic N) is 2. The molecule has 0 saturated heterocycles. The molecule has 0 fully saturated rings. The molecule has 0 saturated carbocycles. The van der Waals surface area contributed by atoms with E-state index in [2.05, 4.69) is 5.32 Å². The molecule has 1 amide bonds. The first-order valence-electron chi connectivity index (χ1n) is 13.4. The number of hydrogen-bond acceptors (Lipinski definition) is 9. The molecule has 0 radical (unpaired) electrons. The normalized spacial score (nSPS) is 13.1. The zero-order valence-corrected chi connectivity index (χ0v) is 25.6. The number of nitrogens with one attached hydrogen (secondary N) is 1. The summed E-state index contributed by atoms with van der Waals surface area (Å²) in [6, 6.07) is 13.3. The van der Waals surface area contributed by atoms with Gasteiger partial charge in [0.05, 0.1) is 23.4 Å². The monoisotopic (exact) mass is 621 g/mol. The van der Waals surface area contributed by atoms with E-state index in [0.29, 0.717) is 26.8 Å². The fraction of sp³-hybridized carbons (Fsp3) is 0.267. The maximum absolute atomic E-state index is 14.0. The Morgan fingerprint density at radius 2 is 1.90 bits per heavy atom. The van der Waals surface area contributed by atoms with Crippen molar-refractivity contribution < 1.29 is 14.3 Å². The van der Waals surface area contributed by atoms with Crippen LogP contribution in [0.3, 0.4) is 0 Å². The van der Waals surface area contributed by atoms with Crippen molar-refractivity contribution in [3.8, 4) is 16.1 Å². The summed E-state index contributed by atoms with van der Waals surface area (Å²) in [6.45, 7) is 1.99. The molecule has 0 spiro atoms. The molecule has 1 aliphatic carbocycles. The Kier molecular flexibility index (Phi) is 8.38. The molecule has 1 N–H and O–H groups in total. The number of carbonyl (C=O) groups excluding carboxylic acids is 2. The number of aryl methyl sites for hydroxylation is 2. The number of rotatable bonds is 8. The number of ether oxygens (including phenoxy) is 1. The van der Waals surface area contributed by atoms with Gasteiger partial charge in [-0.1, -0.05) is 42.4 Å². The molecule has 4 heterocycles. The van der Waals surface area contributed by atoms with Crippen LogP contribution in [0.1, 0.15) is 47.0 Å². The van der Waals surface area contributed by atoms with Crippen molar-refractivity contribution in [2.45, 2.75) is 44.2 Å². The van der Waals surface area contributed by atoms with Crippen LogP contribution in [0.2, 0.25) is 0 Å². The number of para-hydroxylation sites is 1. The Morgan fingerprint density at radius 3 is 2.68 bits per heavy atom. The number of thioether (sulfide) groups is 1. The lowest BCUT2D eigenvalue weighted by atomic mass is 10.1. The third-order valence-corrected chi connectivity index (χ3v) is 10.8. The van der Waals surface area contributed by atoms with E-state index in [1.165, 1.54) is 45.7 Å². The van der Waals surface area contributed by atoms with Crippen molar-refractivity contribution in [1.29, 1.82) is 0 Å². The third-order valence-electron chi connectivity index (χ3n) is 6.87. The highest BCUT2D eigenvalue weighted by molar-refractivity contribution is 7.99. The third kappa shape index (κ3) is 5.63. The van der Waals surface area contributed by atoms with Crippen molar-refractivity contribution in [3.05, 3.63) is 79.6 Å². The molecule has 5 aromatic rings. The van der Waals surface area contributed by atoms with Crippen molar-refractivity contribution >= 4 is 72.9 Å². The van der Waals surface area contributed by atoms with Crippen molar-refractivity contribution in [2.24, 2.45) is 0 Å². The van der Waals surface area contributed by atoms with Gasteiger partial charge in [0.25, 0.3) is 5.56 Å². The lowest BCUT2D eigenvalue weighted by Gasteiger charge is -2.13. The zero-order chi connectivity index (χ0) is 28.3. The summed E-state index contributed by atoms with van der Waals surface area (Å²) in [5.74, 6) is -0.747. The minimum atomic E-state index is -0.470. The minimum absolute atomic E-state index is 0.0182. The first kappa shape index (κ1) is 27.9. The smallest absolute Gasteiger partial charge is 0.341 e. The van der Waals surface area contributed by atoms with Gasteiger partial charge in [-0.25, -0.2) is 9.78 Å². The summed E-state index contributed by atoms with van der Waals surface area (Å²) in [5, 5.41) is 8.35. The van der Waals surface area contributed by atoms with Crippen molar-refractivity contribution in [2.75, 3.05) is 17.7 Å². The Hall–Kier alpha value is -3.25. The highest BCUT2D eigenvalue weighted by Crippen LogP contribution is 2.39. The number of benzene rings is 1. The molecule has 0 aliphatic heterocycles. The topological polar surface area (TPSA) is 90.3 Å². The summed E-state index contributed by atoms with van der Waals surface area (Å²) in [6.07, 6.45) is 5.24. The van der Waals surface area contributed by atoms with Gasteiger partial charge in [-0.2, -0.15) is 0 Å². The number of esters is 1. The SMILES string of the molecule is CCOC(=O)c1c(-c2cccs2)csc1NC(=O)CSc1nc2sc3c(c2c(=O)n1-c1ccccc1)CCCCC3. The molecule has 1 aromatic carbocycles. The predicted molar refractivity (Wildman–Crippen MR) is 169 cm³/mol. The van der Waals surface area contributed by atoms with Gasteiger partial charge in [0.15, 0.2) is 5.16 Å². The van der Waals surface area contributed by atoms with Gasteiger partial charge in [0.1, 0.15) is 15.4 Å². The van der Waals surface area contributed by atoms with E-state index in [9.17, 15) is 14.4 Å². The number of hydrogen-bond donors (Lipinski definition) is 1. The van der Waals surface area contributed by atoms with Gasteiger partial charge >= 0.3 is 5.97 Å². The number of amides is 1. The first-order valence-corrected chi connectivity index (χ1v) is 17.0. The van der Waals surface area contributed by atoms with E-state index in [1.807, 2.05) is 53.2 Å². The molecule has 1 aliphatic rings. The van der Waals surface area contributed by atoms with Crippen molar-refractivity contribution in [1.82, 2.24) is 9.55 Å². The molecule has 11 heteroatoms. The van der Waals surface area contributed by atoms with Gasteiger partial charge < -0.3 is 10.1 Å². The Balaban J connectivity index is 1.31. The van der Waals surface area contributed by atoms with Gasteiger partial charge in [0.2, 0.25) is 5.91 Å². The van der Waals surface area contributed by atoms with Crippen LogP contribution in [-0.4, -0.2) is 33.8 Å². The van der Waals surface area contributed by atoms with Gasteiger partial charge in [0, 0.05) is 20.7 Å². The van der Waals surface area contributed by atoms with Crippen LogP contribution in [0.15, 0.2) is 63.2 Å². The molecular formula is C30H27N3O4S4. The van der Waals surface area contributed by atoms with Gasteiger partial charge in [-0.05, 0) is 61.7 Å². The van der Waals surface area contributed by atoms with Crippen molar-refractivity contribution in [3.63, 3.8) is 0 Å². The molecule has 0 bridgehead atoms. The second kappa shape index (κ2) is 12.3. The number of aromatic nitrogens is 2. The minimum Gasteiger partial charge on any atom is -0.462 e. The lowest BCUT2D eigenvalue weighted by molar-refractivity contribution is -0.113. The van der Waals surface area contributed by atoms with E-state index < -0.39 is 5.97 Å². The lowest BCUT2D eigenvalue weighted by Crippen LogP contribution is -2.23. The van der Waals surface area contributed by atoms with Crippen LogP contribution in [0, 0.1) is 0 Å². The molecule has 7 nitrogen and oxygen atoms in total. The molecule has 6 rings (SSSR count). The Bertz CT molecular complexity index is 1770. The summed E-state index contributed by atoms with van der Waals surface area (Å²) >= 11 is 5.64. The largest absolute Gasteiger partial charge is 0.462 e. The quantitative estimate of drug-likeness (QED) is 0.0840. The molecule has 0 atom stereocenters. The van der Waals surface area contributed by atoms with Crippen LogP contribution in [0.4, 0.5) is 5.00 Å². The number of fused-ring (bicyclic) bond motifs is 3. The van der Waals surface area contributed by atoms with Gasteiger partial charge in [-0.3, -0.25) is 14.2 Å². The Morgan fingerprint density at radius 1 is 1.07 bits per heavy atom. The first-order chi connectivity index (χ1) is 20.0. The second-order valence-electron chi connectivity index (χ2n) is 9.50. The fourth-order valence-electron chi connectivity index (χ4n) is 5.03. The highest BCUT2D eigenvalue weighted by Gasteiger charge is 2.25. The van der Waals surface area contributed by atoms with Crippen LogP contribution in [-0.2, 0) is 22.4 Å². The predicted octanol–water partition coefficient (Wildman–Crippen LogP) is 7.41. The maximum Gasteiger partial charge on any atom is 0.341 e.